The fourth-order valence-electron chi connectivity index (χ4n) is 1.61. The first-order valence-electron chi connectivity index (χ1n) is 5.05. The summed E-state index contributed by atoms with van der Waals surface area (Å²) in [5.74, 6) is 0. The molecule has 0 saturated heterocycles. The first-order chi connectivity index (χ1) is 8.15. The van der Waals surface area contributed by atoms with Crippen molar-refractivity contribution in [2.24, 2.45) is 0 Å². The molecule has 17 heavy (non-hydrogen) atoms. The van der Waals surface area contributed by atoms with E-state index in [2.05, 4.69) is 10.4 Å². The highest BCUT2D eigenvalue weighted by Gasteiger charge is 2.12. The van der Waals surface area contributed by atoms with Crippen LogP contribution in [0.4, 0.5) is 5.69 Å². The molecule has 5 heteroatoms. The molecule has 1 aromatic carbocycles. The van der Waals surface area contributed by atoms with Crippen LogP contribution in [0, 0.1) is 6.92 Å². The van der Waals surface area contributed by atoms with Crippen LogP contribution < -0.4 is 5.73 Å². The molecule has 0 fully saturated rings. The minimum atomic E-state index is 0.739. The van der Waals surface area contributed by atoms with Crippen molar-refractivity contribution < 1.29 is 0 Å². The first kappa shape index (κ1) is 11.0. The van der Waals surface area contributed by atoms with Crippen molar-refractivity contribution in [3.8, 4) is 9.88 Å². The van der Waals surface area contributed by atoms with Crippen molar-refractivity contribution in [1.29, 1.82) is 0 Å². The quantitative estimate of drug-likeness (QED) is 0.709. The molecule has 0 atom stereocenters. The van der Waals surface area contributed by atoms with Gasteiger partial charge in [0.05, 0.1) is 20.8 Å². The number of halogens is 1. The van der Waals surface area contributed by atoms with Gasteiger partial charge in [0, 0.05) is 5.02 Å². The molecule has 0 aliphatic heterocycles. The van der Waals surface area contributed by atoms with Crippen molar-refractivity contribution >= 4 is 50.2 Å². The molecule has 2 heterocycles. The third kappa shape index (κ3) is 1.82. The van der Waals surface area contributed by atoms with Gasteiger partial charge in [-0.1, -0.05) is 11.6 Å². The first-order valence-corrected chi connectivity index (χ1v) is 7.12. The van der Waals surface area contributed by atoms with E-state index in [1.165, 1.54) is 0 Å². The molecule has 2 aromatic heterocycles. The molecule has 0 aliphatic rings. The molecule has 0 amide bonds. The highest BCUT2D eigenvalue weighted by molar-refractivity contribution is 7.25. The summed E-state index contributed by atoms with van der Waals surface area (Å²) in [4.78, 5) is 5.64. The summed E-state index contributed by atoms with van der Waals surface area (Å²) in [7, 11) is 0. The minimum Gasteiger partial charge on any atom is -0.397 e. The summed E-state index contributed by atoms with van der Waals surface area (Å²) in [6.07, 6.45) is 0. The van der Waals surface area contributed by atoms with Crippen LogP contribution in [-0.2, 0) is 0 Å². The van der Waals surface area contributed by atoms with Gasteiger partial charge in [-0.3, -0.25) is 0 Å². The number of hydrogen-bond acceptors (Lipinski definition) is 4. The average molecular weight is 281 g/mol. The third-order valence-electron chi connectivity index (χ3n) is 2.57. The molecule has 3 rings (SSSR count). The minimum absolute atomic E-state index is 0.739. The van der Waals surface area contributed by atoms with Gasteiger partial charge in [-0.05, 0) is 36.1 Å². The number of thiophene rings is 1. The number of nitrogens with zero attached hydrogens (tertiary/aromatic N) is 1. The zero-order chi connectivity index (χ0) is 12.0. The maximum atomic E-state index is 6.04. The van der Waals surface area contributed by atoms with Gasteiger partial charge in [0.15, 0.2) is 0 Å². The van der Waals surface area contributed by atoms with E-state index in [4.69, 9.17) is 17.3 Å². The number of anilines is 1. The Bertz CT molecular complexity index is 700. The van der Waals surface area contributed by atoms with Gasteiger partial charge >= 0.3 is 0 Å². The second-order valence-corrected chi connectivity index (χ2v) is 6.14. The monoisotopic (exact) mass is 280 g/mol. The average Bonchev–Trinajstić information content (AvgIpc) is 2.83. The largest absolute Gasteiger partial charge is 0.397 e. The standard InChI is InChI=1S/C12H9ClN2S2/c1-6-5-16-11(10(6)14)12-15-8-3-2-7(13)4-9(8)17-12/h2-5H,14H2,1H3. The van der Waals surface area contributed by atoms with Gasteiger partial charge in [-0.2, -0.15) is 0 Å². The lowest BCUT2D eigenvalue weighted by Gasteiger charge is -1.93. The number of benzene rings is 1. The van der Waals surface area contributed by atoms with E-state index in [0.29, 0.717) is 0 Å². The van der Waals surface area contributed by atoms with Crippen LogP contribution in [0.3, 0.4) is 0 Å². The maximum Gasteiger partial charge on any atom is 0.136 e. The lowest BCUT2D eigenvalue weighted by molar-refractivity contribution is 1.49. The normalized spacial score (nSPS) is 11.2. The summed E-state index contributed by atoms with van der Waals surface area (Å²) >= 11 is 9.23. The van der Waals surface area contributed by atoms with Gasteiger partial charge in [0.25, 0.3) is 0 Å². The highest BCUT2D eigenvalue weighted by atomic mass is 35.5. The van der Waals surface area contributed by atoms with E-state index in [9.17, 15) is 0 Å². The van der Waals surface area contributed by atoms with Crippen LogP contribution in [0.2, 0.25) is 5.02 Å². The van der Waals surface area contributed by atoms with Crippen molar-refractivity contribution in [3.05, 3.63) is 34.2 Å². The van der Waals surface area contributed by atoms with Gasteiger partial charge in [-0.15, -0.1) is 22.7 Å². The Balaban J connectivity index is 2.21. The Kier molecular flexibility index (Phi) is 2.58. The molecule has 0 bridgehead atoms. The molecule has 0 radical (unpaired) electrons. The summed E-state index contributed by atoms with van der Waals surface area (Å²) in [5.41, 5.74) is 8.96. The number of aryl methyl sites for hydroxylation is 1. The zero-order valence-electron chi connectivity index (χ0n) is 9.03. The summed E-state index contributed by atoms with van der Waals surface area (Å²) in [5, 5.41) is 3.77. The molecule has 0 spiro atoms. The lowest BCUT2D eigenvalue weighted by atomic mass is 10.3. The Morgan fingerprint density at radius 1 is 1.35 bits per heavy atom. The van der Waals surface area contributed by atoms with Crippen molar-refractivity contribution in [2.45, 2.75) is 6.92 Å². The maximum absolute atomic E-state index is 6.04. The van der Waals surface area contributed by atoms with E-state index < -0.39 is 0 Å². The molecular formula is C12H9ClN2S2. The predicted octanol–water partition coefficient (Wildman–Crippen LogP) is 4.57. The Morgan fingerprint density at radius 2 is 2.18 bits per heavy atom. The molecule has 0 unspecified atom stereocenters. The molecule has 0 saturated carbocycles. The van der Waals surface area contributed by atoms with Crippen LogP contribution in [0.15, 0.2) is 23.6 Å². The van der Waals surface area contributed by atoms with Crippen LogP contribution >= 0.6 is 34.3 Å². The fourth-order valence-corrected chi connectivity index (χ4v) is 3.94. The summed E-state index contributed by atoms with van der Waals surface area (Å²) in [6.45, 7) is 2.01. The van der Waals surface area contributed by atoms with E-state index in [1.807, 2.05) is 25.1 Å². The van der Waals surface area contributed by atoms with Crippen molar-refractivity contribution in [3.63, 3.8) is 0 Å². The lowest BCUT2D eigenvalue weighted by Crippen LogP contribution is -1.86. The van der Waals surface area contributed by atoms with Crippen LogP contribution in [-0.4, -0.2) is 4.98 Å². The molecule has 2 N–H and O–H groups in total. The number of nitrogen functional groups attached to an aromatic ring is 1. The highest BCUT2D eigenvalue weighted by Crippen LogP contribution is 2.39. The predicted molar refractivity (Wildman–Crippen MR) is 77.1 cm³/mol. The Morgan fingerprint density at radius 3 is 2.88 bits per heavy atom. The molecule has 86 valence electrons. The van der Waals surface area contributed by atoms with E-state index >= 15 is 0 Å². The van der Waals surface area contributed by atoms with Crippen LogP contribution in [0.25, 0.3) is 20.1 Å². The summed E-state index contributed by atoms with van der Waals surface area (Å²) in [6, 6.07) is 5.74. The molecule has 2 nitrogen and oxygen atoms in total. The van der Waals surface area contributed by atoms with Gasteiger partial charge < -0.3 is 5.73 Å². The van der Waals surface area contributed by atoms with Crippen molar-refractivity contribution in [2.75, 3.05) is 5.73 Å². The Labute approximate surface area is 112 Å². The number of thiazole rings is 1. The number of aromatic nitrogens is 1. The number of nitrogens with two attached hydrogens (primary N) is 1. The SMILES string of the molecule is Cc1csc(-c2nc3ccc(Cl)cc3s2)c1N. The Hall–Kier alpha value is -1.10. The van der Waals surface area contributed by atoms with Gasteiger partial charge in [0.1, 0.15) is 5.01 Å². The molecule has 3 aromatic rings. The van der Waals surface area contributed by atoms with Crippen LogP contribution in [0.1, 0.15) is 5.56 Å². The number of rotatable bonds is 1. The van der Waals surface area contributed by atoms with E-state index in [-0.39, 0.29) is 0 Å². The summed E-state index contributed by atoms with van der Waals surface area (Å²) < 4.78 is 1.10. The number of fused-ring (bicyclic) bond motifs is 1. The van der Waals surface area contributed by atoms with E-state index in [0.717, 1.165) is 36.4 Å². The number of hydrogen-bond donors (Lipinski definition) is 1. The topological polar surface area (TPSA) is 38.9 Å². The smallest absolute Gasteiger partial charge is 0.136 e. The second kappa shape index (κ2) is 3.98. The fraction of sp³-hybridized carbons (Fsp3) is 0.0833. The van der Waals surface area contributed by atoms with Crippen molar-refractivity contribution in [1.82, 2.24) is 4.98 Å². The van der Waals surface area contributed by atoms with E-state index in [1.54, 1.807) is 22.7 Å². The molecular weight excluding hydrogens is 272 g/mol. The molecule has 0 aliphatic carbocycles. The third-order valence-corrected chi connectivity index (χ3v) is 5.09. The van der Waals surface area contributed by atoms with Gasteiger partial charge in [-0.25, -0.2) is 4.98 Å². The van der Waals surface area contributed by atoms with Gasteiger partial charge in [0.2, 0.25) is 0 Å². The second-order valence-electron chi connectivity index (χ2n) is 3.79. The van der Waals surface area contributed by atoms with Crippen LogP contribution in [0.5, 0.6) is 0 Å². The zero-order valence-corrected chi connectivity index (χ0v) is 11.4.